The zero-order valence-electron chi connectivity index (χ0n) is 11.9. The third-order valence-electron chi connectivity index (χ3n) is 3.28. The van der Waals surface area contributed by atoms with Crippen molar-refractivity contribution in [3.63, 3.8) is 0 Å². The molecule has 0 atom stereocenters. The maximum Gasteiger partial charge on any atom is 0.248 e. The first-order valence-electron chi connectivity index (χ1n) is 6.46. The Kier molecular flexibility index (Phi) is 4.12. The summed E-state index contributed by atoms with van der Waals surface area (Å²) in [5.74, 6) is -0.466. The molecule has 2 aromatic carbocycles. The number of hydrogen-bond acceptors (Lipinski definition) is 3. The number of aryl methyl sites for hydroxylation is 2. The number of ether oxygens (including phenoxy) is 1. The van der Waals surface area contributed by atoms with Crippen molar-refractivity contribution >= 4 is 11.6 Å². The van der Waals surface area contributed by atoms with Crippen LogP contribution in [0.2, 0.25) is 0 Å². The molecule has 0 fully saturated rings. The van der Waals surface area contributed by atoms with Gasteiger partial charge < -0.3 is 16.2 Å². The highest BCUT2D eigenvalue weighted by atomic mass is 19.1. The van der Waals surface area contributed by atoms with Crippen molar-refractivity contribution in [1.29, 1.82) is 0 Å². The molecule has 5 heteroatoms. The van der Waals surface area contributed by atoms with Crippen LogP contribution in [0.4, 0.5) is 10.1 Å². The molecule has 4 N–H and O–H groups in total. The van der Waals surface area contributed by atoms with E-state index in [-0.39, 0.29) is 17.7 Å². The van der Waals surface area contributed by atoms with Crippen molar-refractivity contribution in [1.82, 2.24) is 0 Å². The lowest BCUT2D eigenvalue weighted by molar-refractivity contribution is 0.1000. The van der Waals surface area contributed by atoms with E-state index < -0.39 is 11.7 Å². The molecular formula is C16H17FN2O2. The van der Waals surface area contributed by atoms with Crippen LogP contribution in [0, 0.1) is 19.7 Å². The second kappa shape index (κ2) is 5.83. The molecule has 0 bridgehead atoms. The Balaban J connectivity index is 2.22. The van der Waals surface area contributed by atoms with Gasteiger partial charge in [-0.2, -0.15) is 0 Å². The monoisotopic (exact) mass is 288 g/mol. The fraction of sp³-hybridized carbons (Fsp3) is 0.188. The zero-order valence-corrected chi connectivity index (χ0v) is 11.9. The quantitative estimate of drug-likeness (QED) is 0.849. The molecule has 4 nitrogen and oxygen atoms in total. The number of nitrogens with two attached hydrogens (primary N) is 2. The maximum absolute atomic E-state index is 13.7. The molecule has 0 aromatic heterocycles. The Hall–Kier alpha value is -2.56. The molecule has 2 aromatic rings. The van der Waals surface area contributed by atoms with Gasteiger partial charge in [0.1, 0.15) is 18.2 Å². The van der Waals surface area contributed by atoms with Crippen molar-refractivity contribution in [2.24, 2.45) is 5.73 Å². The number of carbonyl (C=O) groups excluding carboxylic acids is 1. The van der Waals surface area contributed by atoms with Crippen LogP contribution in [0.1, 0.15) is 27.0 Å². The van der Waals surface area contributed by atoms with Gasteiger partial charge in [-0.25, -0.2) is 4.39 Å². The van der Waals surface area contributed by atoms with E-state index >= 15 is 0 Å². The van der Waals surface area contributed by atoms with Crippen LogP contribution < -0.4 is 16.2 Å². The third kappa shape index (κ3) is 3.31. The standard InChI is InChI=1S/C16H17FN2O2/c1-9-5-10(2)15(7-14(9)18)21-8-12-6-11(16(19)20)3-4-13(12)17/h3-7H,8,18H2,1-2H3,(H2,19,20). The Labute approximate surface area is 122 Å². The number of rotatable bonds is 4. The molecule has 110 valence electrons. The highest BCUT2D eigenvalue weighted by Crippen LogP contribution is 2.25. The number of primary amides is 1. The van der Waals surface area contributed by atoms with Crippen molar-refractivity contribution in [3.05, 3.63) is 58.4 Å². The molecule has 0 saturated carbocycles. The summed E-state index contributed by atoms with van der Waals surface area (Å²) in [5, 5.41) is 0. The van der Waals surface area contributed by atoms with Gasteiger partial charge in [0, 0.05) is 22.9 Å². The van der Waals surface area contributed by atoms with E-state index in [0.717, 1.165) is 11.1 Å². The molecule has 0 unspecified atom stereocenters. The number of nitrogen functional groups attached to an aromatic ring is 1. The number of carbonyl (C=O) groups is 1. The van der Waals surface area contributed by atoms with E-state index in [1.165, 1.54) is 18.2 Å². The number of hydrogen-bond donors (Lipinski definition) is 2. The third-order valence-corrected chi connectivity index (χ3v) is 3.28. The minimum absolute atomic E-state index is 0.00368. The van der Waals surface area contributed by atoms with Crippen LogP contribution in [0.5, 0.6) is 5.75 Å². The molecule has 0 spiro atoms. The summed E-state index contributed by atoms with van der Waals surface area (Å²) in [6, 6.07) is 7.55. The summed E-state index contributed by atoms with van der Waals surface area (Å²) in [6.07, 6.45) is 0. The SMILES string of the molecule is Cc1cc(C)c(OCc2cc(C(N)=O)ccc2F)cc1N. The predicted octanol–water partition coefficient (Wildman–Crippen LogP) is 2.70. The molecule has 21 heavy (non-hydrogen) atoms. The topological polar surface area (TPSA) is 78.3 Å². The van der Waals surface area contributed by atoms with Gasteiger partial charge in [0.25, 0.3) is 0 Å². The van der Waals surface area contributed by atoms with Crippen LogP contribution in [-0.2, 0) is 6.61 Å². The largest absolute Gasteiger partial charge is 0.488 e. The second-order valence-electron chi connectivity index (χ2n) is 4.93. The fourth-order valence-electron chi connectivity index (χ4n) is 2.00. The fourth-order valence-corrected chi connectivity index (χ4v) is 2.00. The lowest BCUT2D eigenvalue weighted by Gasteiger charge is -2.12. The van der Waals surface area contributed by atoms with Gasteiger partial charge in [-0.05, 0) is 43.2 Å². The lowest BCUT2D eigenvalue weighted by Crippen LogP contribution is -2.12. The van der Waals surface area contributed by atoms with E-state index in [9.17, 15) is 9.18 Å². The number of amides is 1. The van der Waals surface area contributed by atoms with Gasteiger partial charge in [0.15, 0.2) is 0 Å². The summed E-state index contributed by atoms with van der Waals surface area (Å²) in [4.78, 5) is 11.1. The average Bonchev–Trinajstić information content (AvgIpc) is 2.42. The molecule has 0 aliphatic heterocycles. The smallest absolute Gasteiger partial charge is 0.248 e. The average molecular weight is 288 g/mol. The summed E-state index contributed by atoms with van der Waals surface area (Å²) in [6.45, 7) is 3.79. The number of anilines is 1. The molecule has 0 aliphatic carbocycles. The summed E-state index contributed by atoms with van der Waals surface area (Å²) < 4.78 is 19.3. The minimum atomic E-state index is -0.605. The molecule has 1 amide bonds. The second-order valence-corrected chi connectivity index (χ2v) is 4.93. The number of halogens is 1. The molecule has 0 aliphatic rings. The highest BCUT2D eigenvalue weighted by Gasteiger charge is 2.09. The van der Waals surface area contributed by atoms with Crippen LogP contribution in [0.25, 0.3) is 0 Å². The summed E-state index contributed by atoms with van der Waals surface area (Å²) in [5.41, 5.74) is 14.0. The van der Waals surface area contributed by atoms with E-state index in [4.69, 9.17) is 16.2 Å². The Bertz CT molecular complexity index is 699. The van der Waals surface area contributed by atoms with Gasteiger partial charge in [-0.1, -0.05) is 6.07 Å². The Morgan fingerprint density at radius 2 is 1.90 bits per heavy atom. The maximum atomic E-state index is 13.7. The zero-order chi connectivity index (χ0) is 15.6. The van der Waals surface area contributed by atoms with Crippen molar-refractivity contribution < 1.29 is 13.9 Å². The van der Waals surface area contributed by atoms with Crippen molar-refractivity contribution in [2.45, 2.75) is 20.5 Å². The first-order chi connectivity index (χ1) is 9.88. The van der Waals surface area contributed by atoms with Crippen molar-refractivity contribution in [3.8, 4) is 5.75 Å². The summed E-state index contributed by atoms with van der Waals surface area (Å²) >= 11 is 0. The first kappa shape index (κ1) is 14.8. The lowest BCUT2D eigenvalue weighted by atomic mass is 10.1. The van der Waals surface area contributed by atoms with Gasteiger partial charge in [-0.3, -0.25) is 4.79 Å². The Morgan fingerprint density at radius 3 is 2.57 bits per heavy atom. The summed E-state index contributed by atoms with van der Waals surface area (Å²) in [7, 11) is 0. The Morgan fingerprint density at radius 1 is 1.19 bits per heavy atom. The van der Waals surface area contributed by atoms with Crippen molar-refractivity contribution in [2.75, 3.05) is 5.73 Å². The van der Waals surface area contributed by atoms with E-state index in [1.807, 2.05) is 19.9 Å². The minimum Gasteiger partial charge on any atom is -0.488 e. The first-order valence-corrected chi connectivity index (χ1v) is 6.46. The normalized spacial score (nSPS) is 10.4. The van der Waals surface area contributed by atoms with Crippen LogP contribution in [0.15, 0.2) is 30.3 Å². The van der Waals surface area contributed by atoms with Crippen LogP contribution in [0.3, 0.4) is 0 Å². The molecule has 2 rings (SSSR count). The van der Waals surface area contributed by atoms with Gasteiger partial charge in [0.2, 0.25) is 5.91 Å². The predicted molar refractivity (Wildman–Crippen MR) is 79.6 cm³/mol. The highest BCUT2D eigenvalue weighted by molar-refractivity contribution is 5.92. The molecule has 0 heterocycles. The van der Waals surface area contributed by atoms with Gasteiger partial charge in [0.05, 0.1) is 0 Å². The van der Waals surface area contributed by atoms with Crippen LogP contribution in [-0.4, -0.2) is 5.91 Å². The van der Waals surface area contributed by atoms with E-state index in [2.05, 4.69) is 0 Å². The van der Waals surface area contributed by atoms with Crippen LogP contribution >= 0.6 is 0 Å². The number of benzene rings is 2. The molecule has 0 radical (unpaired) electrons. The molecule has 0 saturated heterocycles. The molecular weight excluding hydrogens is 271 g/mol. The van der Waals surface area contributed by atoms with Gasteiger partial charge >= 0.3 is 0 Å². The van der Waals surface area contributed by atoms with E-state index in [1.54, 1.807) is 6.07 Å². The van der Waals surface area contributed by atoms with E-state index in [0.29, 0.717) is 11.4 Å². The van der Waals surface area contributed by atoms with Gasteiger partial charge in [-0.15, -0.1) is 0 Å².